The smallest absolute Gasteiger partial charge is 0.0922 e. The Hall–Kier alpha value is -0.910. The molecular formula is C11H20N4O. The lowest BCUT2D eigenvalue weighted by Gasteiger charge is -2.32. The van der Waals surface area contributed by atoms with Crippen LogP contribution in [0.5, 0.6) is 0 Å². The van der Waals surface area contributed by atoms with Crippen LogP contribution < -0.4 is 5.32 Å². The summed E-state index contributed by atoms with van der Waals surface area (Å²) < 4.78 is 5.34. The lowest BCUT2D eigenvalue weighted by atomic mass is 10.2. The molecule has 5 heteroatoms. The number of morpholine rings is 1. The van der Waals surface area contributed by atoms with Gasteiger partial charge in [-0.15, -0.1) is 0 Å². The summed E-state index contributed by atoms with van der Waals surface area (Å²) >= 11 is 0. The second-order valence-electron chi connectivity index (χ2n) is 4.21. The SMILES string of the molecule is CC(CNCc1cnc[nH]1)N1CCOCC1. The zero-order valence-corrected chi connectivity index (χ0v) is 9.78. The largest absolute Gasteiger partial charge is 0.379 e. The van der Waals surface area contributed by atoms with Crippen molar-refractivity contribution >= 4 is 0 Å². The molecule has 0 amide bonds. The predicted molar refractivity (Wildman–Crippen MR) is 62.1 cm³/mol. The summed E-state index contributed by atoms with van der Waals surface area (Å²) in [7, 11) is 0. The minimum absolute atomic E-state index is 0.562. The van der Waals surface area contributed by atoms with E-state index in [0.29, 0.717) is 6.04 Å². The minimum Gasteiger partial charge on any atom is -0.379 e. The Bertz CT molecular complexity index is 282. The summed E-state index contributed by atoms with van der Waals surface area (Å²) in [5.41, 5.74) is 1.13. The molecule has 16 heavy (non-hydrogen) atoms. The van der Waals surface area contributed by atoms with Crippen LogP contribution in [0.4, 0.5) is 0 Å². The number of ether oxygens (including phenoxy) is 1. The Labute approximate surface area is 96.2 Å². The molecule has 0 saturated carbocycles. The fourth-order valence-electron chi connectivity index (χ4n) is 1.94. The van der Waals surface area contributed by atoms with Crippen LogP contribution in [-0.2, 0) is 11.3 Å². The highest BCUT2D eigenvalue weighted by Crippen LogP contribution is 2.02. The molecule has 90 valence electrons. The molecule has 1 fully saturated rings. The van der Waals surface area contributed by atoms with Crippen LogP contribution in [-0.4, -0.2) is 53.8 Å². The van der Waals surface area contributed by atoms with Crippen molar-refractivity contribution in [3.05, 3.63) is 18.2 Å². The lowest BCUT2D eigenvalue weighted by Crippen LogP contribution is -2.46. The van der Waals surface area contributed by atoms with E-state index in [1.54, 1.807) is 6.33 Å². The van der Waals surface area contributed by atoms with E-state index in [-0.39, 0.29) is 0 Å². The highest BCUT2D eigenvalue weighted by Gasteiger charge is 2.16. The second kappa shape index (κ2) is 5.98. The van der Waals surface area contributed by atoms with E-state index in [4.69, 9.17) is 4.74 Å². The van der Waals surface area contributed by atoms with Crippen LogP contribution in [0.3, 0.4) is 0 Å². The van der Waals surface area contributed by atoms with Gasteiger partial charge in [0.2, 0.25) is 0 Å². The van der Waals surface area contributed by atoms with Crippen LogP contribution in [0, 0.1) is 0 Å². The zero-order valence-electron chi connectivity index (χ0n) is 9.78. The molecule has 1 aromatic rings. The van der Waals surface area contributed by atoms with Crippen LogP contribution in [0.1, 0.15) is 12.6 Å². The summed E-state index contributed by atoms with van der Waals surface area (Å²) in [4.78, 5) is 9.53. The zero-order chi connectivity index (χ0) is 11.2. The van der Waals surface area contributed by atoms with Gasteiger partial charge in [-0.25, -0.2) is 4.98 Å². The van der Waals surface area contributed by atoms with Crippen molar-refractivity contribution in [3.63, 3.8) is 0 Å². The van der Waals surface area contributed by atoms with Gasteiger partial charge in [0, 0.05) is 44.1 Å². The van der Waals surface area contributed by atoms with Gasteiger partial charge in [-0.2, -0.15) is 0 Å². The third kappa shape index (κ3) is 3.30. The van der Waals surface area contributed by atoms with E-state index in [0.717, 1.165) is 45.1 Å². The Morgan fingerprint density at radius 3 is 3.06 bits per heavy atom. The third-order valence-corrected chi connectivity index (χ3v) is 2.98. The molecule has 0 bridgehead atoms. The lowest BCUT2D eigenvalue weighted by molar-refractivity contribution is 0.0203. The van der Waals surface area contributed by atoms with Gasteiger partial charge in [-0.1, -0.05) is 0 Å². The van der Waals surface area contributed by atoms with Crippen molar-refractivity contribution < 1.29 is 4.74 Å². The van der Waals surface area contributed by atoms with Crippen LogP contribution in [0.15, 0.2) is 12.5 Å². The number of nitrogens with one attached hydrogen (secondary N) is 2. The standard InChI is InChI=1S/C11H20N4O/c1-10(15-2-4-16-5-3-15)6-12-7-11-8-13-9-14-11/h8-10,12H,2-7H2,1H3,(H,13,14). The molecular weight excluding hydrogens is 204 g/mol. The molecule has 2 N–H and O–H groups in total. The summed E-state index contributed by atoms with van der Waals surface area (Å²) in [6.45, 7) is 7.94. The molecule has 1 aromatic heterocycles. The van der Waals surface area contributed by atoms with Gasteiger partial charge in [0.05, 0.1) is 19.5 Å². The average molecular weight is 224 g/mol. The van der Waals surface area contributed by atoms with Crippen molar-refractivity contribution in [2.24, 2.45) is 0 Å². The molecule has 2 heterocycles. The van der Waals surface area contributed by atoms with Crippen LogP contribution in [0.25, 0.3) is 0 Å². The maximum Gasteiger partial charge on any atom is 0.0922 e. The molecule has 1 aliphatic rings. The molecule has 0 aromatic carbocycles. The number of H-pyrrole nitrogens is 1. The number of hydrogen-bond acceptors (Lipinski definition) is 4. The molecule has 0 radical (unpaired) electrons. The minimum atomic E-state index is 0.562. The van der Waals surface area contributed by atoms with E-state index in [1.807, 2.05) is 6.20 Å². The molecule has 0 aliphatic carbocycles. The van der Waals surface area contributed by atoms with Gasteiger partial charge in [0.25, 0.3) is 0 Å². The summed E-state index contributed by atoms with van der Waals surface area (Å²) in [6, 6.07) is 0.562. The topological polar surface area (TPSA) is 53.2 Å². The Kier molecular flexibility index (Phi) is 4.33. The van der Waals surface area contributed by atoms with Crippen molar-refractivity contribution in [1.29, 1.82) is 0 Å². The predicted octanol–water partition coefficient (Wildman–Crippen LogP) is 0.220. The van der Waals surface area contributed by atoms with Gasteiger partial charge in [-0.05, 0) is 6.92 Å². The molecule has 1 unspecified atom stereocenters. The van der Waals surface area contributed by atoms with Crippen LogP contribution >= 0.6 is 0 Å². The van der Waals surface area contributed by atoms with Gasteiger partial charge < -0.3 is 15.0 Å². The number of imidazole rings is 1. The van der Waals surface area contributed by atoms with Crippen LogP contribution in [0.2, 0.25) is 0 Å². The number of hydrogen-bond donors (Lipinski definition) is 2. The molecule has 1 atom stereocenters. The van der Waals surface area contributed by atoms with E-state index in [2.05, 4.69) is 27.1 Å². The van der Waals surface area contributed by atoms with E-state index in [9.17, 15) is 0 Å². The first-order valence-electron chi connectivity index (χ1n) is 5.86. The van der Waals surface area contributed by atoms with Gasteiger partial charge in [0.15, 0.2) is 0 Å². The maximum atomic E-state index is 5.34. The number of aromatic amines is 1. The fourth-order valence-corrected chi connectivity index (χ4v) is 1.94. The van der Waals surface area contributed by atoms with Crippen molar-refractivity contribution in [3.8, 4) is 0 Å². The average Bonchev–Trinajstić information content (AvgIpc) is 2.83. The second-order valence-corrected chi connectivity index (χ2v) is 4.21. The van der Waals surface area contributed by atoms with Crippen molar-refractivity contribution in [2.75, 3.05) is 32.8 Å². The molecule has 1 aliphatic heterocycles. The molecule has 0 spiro atoms. The Morgan fingerprint density at radius 2 is 2.38 bits per heavy atom. The summed E-state index contributed by atoms with van der Waals surface area (Å²) in [5, 5.41) is 3.43. The van der Waals surface area contributed by atoms with Crippen molar-refractivity contribution in [2.45, 2.75) is 19.5 Å². The first-order chi connectivity index (χ1) is 7.86. The molecule has 2 rings (SSSR count). The number of rotatable bonds is 5. The monoisotopic (exact) mass is 224 g/mol. The van der Waals surface area contributed by atoms with Gasteiger partial charge in [0.1, 0.15) is 0 Å². The quantitative estimate of drug-likeness (QED) is 0.751. The number of nitrogens with zero attached hydrogens (tertiary/aromatic N) is 2. The molecule has 5 nitrogen and oxygen atoms in total. The summed E-state index contributed by atoms with van der Waals surface area (Å²) in [6.07, 6.45) is 3.56. The first-order valence-corrected chi connectivity index (χ1v) is 5.86. The highest BCUT2D eigenvalue weighted by atomic mass is 16.5. The van der Waals surface area contributed by atoms with E-state index in [1.165, 1.54) is 0 Å². The highest BCUT2D eigenvalue weighted by molar-refractivity contribution is 4.93. The van der Waals surface area contributed by atoms with Crippen molar-refractivity contribution in [1.82, 2.24) is 20.2 Å². The summed E-state index contributed by atoms with van der Waals surface area (Å²) in [5.74, 6) is 0. The molecule has 1 saturated heterocycles. The normalized spacial score (nSPS) is 19.8. The first kappa shape index (κ1) is 11.6. The Morgan fingerprint density at radius 1 is 1.56 bits per heavy atom. The van der Waals surface area contributed by atoms with Gasteiger partial charge in [-0.3, -0.25) is 4.90 Å². The van der Waals surface area contributed by atoms with E-state index >= 15 is 0 Å². The Balaban J connectivity index is 1.65. The van der Waals surface area contributed by atoms with E-state index < -0.39 is 0 Å². The van der Waals surface area contributed by atoms with Gasteiger partial charge >= 0.3 is 0 Å². The maximum absolute atomic E-state index is 5.34. The fraction of sp³-hybridized carbons (Fsp3) is 0.727. The number of aromatic nitrogens is 2. The third-order valence-electron chi connectivity index (χ3n) is 2.98.